The Bertz CT molecular complexity index is 480. The van der Waals surface area contributed by atoms with E-state index in [0.29, 0.717) is 18.1 Å². The van der Waals surface area contributed by atoms with Gasteiger partial charge in [0.1, 0.15) is 17.4 Å². The lowest BCUT2D eigenvalue weighted by molar-refractivity contribution is -0.117. The molecule has 0 unspecified atom stereocenters. The minimum Gasteiger partial charge on any atom is -0.362 e. The number of thiocarbonyl (C=S) groups is 1. The summed E-state index contributed by atoms with van der Waals surface area (Å²) in [5.74, 6) is -1.12. The van der Waals surface area contributed by atoms with E-state index in [-0.39, 0.29) is 11.5 Å². The maximum Gasteiger partial charge on any atom is 0.170 e. The van der Waals surface area contributed by atoms with Crippen LogP contribution in [-0.4, -0.2) is 17.4 Å². The molecule has 0 atom stereocenters. The molecule has 1 aromatic rings. The zero-order valence-electron chi connectivity index (χ0n) is 11.3. The van der Waals surface area contributed by atoms with Crippen LogP contribution in [0.2, 0.25) is 0 Å². The van der Waals surface area contributed by atoms with E-state index in [1.54, 1.807) is 6.92 Å². The number of Topliss-reactive ketones (excluding diaryl/α,β-unsaturated/α-hetero) is 1. The molecule has 0 spiro atoms. The van der Waals surface area contributed by atoms with Gasteiger partial charge in [-0.1, -0.05) is 6.42 Å². The van der Waals surface area contributed by atoms with E-state index in [0.717, 1.165) is 31.4 Å². The van der Waals surface area contributed by atoms with Crippen molar-refractivity contribution in [1.82, 2.24) is 5.32 Å². The lowest BCUT2D eigenvalue weighted by Gasteiger charge is -2.11. The van der Waals surface area contributed by atoms with E-state index in [9.17, 15) is 13.6 Å². The Morgan fingerprint density at radius 3 is 2.65 bits per heavy atom. The molecule has 110 valence electrons. The Labute approximate surface area is 122 Å². The SMILES string of the molecule is CC(=O)CCCCCNC(=S)Nc1ccc(F)cc1F. The maximum absolute atomic E-state index is 13.4. The minimum absolute atomic E-state index is 0.139. The van der Waals surface area contributed by atoms with Gasteiger partial charge in [-0.2, -0.15) is 0 Å². The van der Waals surface area contributed by atoms with Crippen LogP contribution in [-0.2, 0) is 4.79 Å². The van der Waals surface area contributed by atoms with Crippen LogP contribution in [0.25, 0.3) is 0 Å². The highest BCUT2D eigenvalue weighted by Gasteiger charge is 2.05. The molecule has 0 saturated carbocycles. The van der Waals surface area contributed by atoms with Crippen LogP contribution in [0.4, 0.5) is 14.5 Å². The fraction of sp³-hybridized carbons (Fsp3) is 0.429. The van der Waals surface area contributed by atoms with Crippen LogP contribution >= 0.6 is 12.2 Å². The van der Waals surface area contributed by atoms with Crippen molar-refractivity contribution in [3.63, 3.8) is 0 Å². The number of anilines is 1. The number of benzene rings is 1. The van der Waals surface area contributed by atoms with Gasteiger partial charge in [0.05, 0.1) is 5.69 Å². The Morgan fingerprint density at radius 1 is 1.25 bits per heavy atom. The molecule has 0 amide bonds. The number of nitrogens with one attached hydrogen (secondary N) is 2. The van der Waals surface area contributed by atoms with Gasteiger partial charge in [0.25, 0.3) is 0 Å². The van der Waals surface area contributed by atoms with Crippen molar-refractivity contribution in [2.45, 2.75) is 32.6 Å². The van der Waals surface area contributed by atoms with E-state index < -0.39 is 11.6 Å². The summed E-state index contributed by atoms with van der Waals surface area (Å²) in [4.78, 5) is 10.7. The fourth-order valence-corrected chi connectivity index (χ4v) is 1.85. The van der Waals surface area contributed by atoms with Crippen LogP contribution in [0.3, 0.4) is 0 Å². The molecule has 0 fully saturated rings. The summed E-state index contributed by atoms with van der Waals surface area (Å²) in [6.45, 7) is 2.22. The van der Waals surface area contributed by atoms with Gasteiger partial charge >= 0.3 is 0 Å². The summed E-state index contributed by atoms with van der Waals surface area (Å²) in [5.41, 5.74) is 0.139. The number of rotatable bonds is 7. The molecule has 0 aliphatic carbocycles. The molecule has 0 saturated heterocycles. The monoisotopic (exact) mass is 300 g/mol. The van der Waals surface area contributed by atoms with Crippen molar-refractivity contribution in [3.8, 4) is 0 Å². The summed E-state index contributed by atoms with van der Waals surface area (Å²) >= 11 is 5.01. The molecule has 0 radical (unpaired) electrons. The minimum atomic E-state index is -0.685. The number of ketones is 1. The number of halogens is 2. The number of hydrogen-bond donors (Lipinski definition) is 2. The van der Waals surface area contributed by atoms with Crippen molar-refractivity contribution in [2.75, 3.05) is 11.9 Å². The van der Waals surface area contributed by atoms with Gasteiger partial charge < -0.3 is 15.4 Å². The average Bonchev–Trinajstić information content (AvgIpc) is 2.36. The van der Waals surface area contributed by atoms with Crippen molar-refractivity contribution >= 4 is 28.8 Å². The zero-order valence-corrected chi connectivity index (χ0v) is 12.2. The molecule has 2 N–H and O–H groups in total. The summed E-state index contributed by atoms with van der Waals surface area (Å²) < 4.78 is 26.1. The Morgan fingerprint density at radius 2 is 2.00 bits per heavy atom. The summed E-state index contributed by atoms with van der Waals surface area (Å²) in [6, 6.07) is 3.26. The van der Waals surface area contributed by atoms with Gasteiger partial charge in [-0.3, -0.25) is 0 Å². The highest BCUT2D eigenvalue weighted by atomic mass is 32.1. The summed E-state index contributed by atoms with van der Waals surface area (Å²) in [7, 11) is 0. The van der Waals surface area contributed by atoms with Crippen LogP contribution in [0.5, 0.6) is 0 Å². The van der Waals surface area contributed by atoms with Gasteiger partial charge in [-0.15, -0.1) is 0 Å². The van der Waals surface area contributed by atoms with Crippen LogP contribution in [0.1, 0.15) is 32.6 Å². The molecule has 1 aromatic carbocycles. The normalized spacial score (nSPS) is 10.2. The van der Waals surface area contributed by atoms with Crippen molar-refractivity contribution in [1.29, 1.82) is 0 Å². The predicted molar refractivity (Wildman–Crippen MR) is 79.7 cm³/mol. The van der Waals surface area contributed by atoms with E-state index >= 15 is 0 Å². The second kappa shape index (κ2) is 8.58. The first-order valence-electron chi connectivity index (χ1n) is 6.48. The largest absolute Gasteiger partial charge is 0.362 e. The van der Waals surface area contributed by atoms with Gasteiger partial charge in [-0.25, -0.2) is 8.78 Å². The Kier molecular flexibility index (Phi) is 7.08. The van der Waals surface area contributed by atoms with Gasteiger partial charge in [0.2, 0.25) is 0 Å². The lowest BCUT2D eigenvalue weighted by atomic mass is 10.1. The zero-order chi connectivity index (χ0) is 15.0. The molecule has 0 aliphatic heterocycles. The second-order valence-electron chi connectivity index (χ2n) is 4.52. The second-order valence-corrected chi connectivity index (χ2v) is 4.93. The Balaban J connectivity index is 2.22. The first-order chi connectivity index (χ1) is 9.49. The number of hydrogen-bond acceptors (Lipinski definition) is 2. The van der Waals surface area contributed by atoms with Crippen molar-refractivity contribution in [2.24, 2.45) is 0 Å². The number of unbranched alkanes of at least 4 members (excludes halogenated alkanes) is 2. The molecule has 3 nitrogen and oxygen atoms in total. The van der Waals surface area contributed by atoms with Crippen molar-refractivity contribution < 1.29 is 13.6 Å². The number of carbonyl (C=O) groups is 1. The van der Waals surface area contributed by atoms with Gasteiger partial charge in [0.15, 0.2) is 5.11 Å². The molecule has 1 rings (SSSR count). The van der Waals surface area contributed by atoms with Crippen LogP contribution < -0.4 is 10.6 Å². The molecule has 20 heavy (non-hydrogen) atoms. The summed E-state index contributed by atoms with van der Waals surface area (Å²) in [6.07, 6.45) is 3.27. The number of carbonyl (C=O) groups excluding carboxylic acids is 1. The first-order valence-corrected chi connectivity index (χ1v) is 6.89. The third-order valence-electron chi connectivity index (χ3n) is 2.67. The van der Waals surface area contributed by atoms with Gasteiger partial charge in [-0.05, 0) is 44.1 Å². The van der Waals surface area contributed by atoms with Crippen molar-refractivity contribution in [3.05, 3.63) is 29.8 Å². The van der Waals surface area contributed by atoms with Crippen LogP contribution in [0, 0.1) is 11.6 Å². The van der Waals surface area contributed by atoms with E-state index in [2.05, 4.69) is 10.6 Å². The Hall–Kier alpha value is -1.56. The van der Waals surface area contributed by atoms with E-state index in [1.165, 1.54) is 6.07 Å². The lowest BCUT2D eigenvalue weighted by Crippen LogP contribution is -2.29. The molecule has 0 bridgehead atoms. The maximum atomic E-state index is 13.4. The molecule has 6 heteroatoms. The smallest absolute Gasteiger partial charge is 0.170 e. The standard InChI is InChI=1S/C14H18F2N2OS/c1-10(19)5-3-2-4-8-17-14(20)18-13-7-6-11(15)9-12(13)16/h6-7,9H,2-5,8H2,1H3,(H2,17,18,20). The van der Waals surface area contributed by atoms with Gasteiger partial charge in [0, 0.05) is 19.0 Å². The predicted octanol–water partition coefficient (Wildman–Crippen LogP) is 3.40. The molecular formula is C14H18F2N2OS. The first kappa shape index (κ1) is 16.5. The molecule has 0 aliphatic rings. The summed E-state index contributed by atoms with van der Waals surface area (Å²) in [5, 5.41) is 5.90. The quantitative estimate of drug-likeness (QED) is 0.598. The molecule has 0 aromatic heterocycles. The van der Waals surface area contributed by atoms with Crippen LogP contribution in [0.15, 0.2) is 18.2 Å². The highest BCUT2D eigenvalue weighted by Crippen LogP contribution is 2.14. The molecular weight excluding hydrogens is 282 g/mol. The third kappa shape index (κ3) is 6.56. The van der Waals surface area contributed by atoms with E-state index in [4.69, 9.17) is 12.2 Å². The highest BCUT2D eigenvalue weighted by molar-refractivity contribution is 7.80. The topological polar surface area (TPSA) is 41.1 Å². The van der Waals surface area contributed by atoms with E-state index in [1.807, 2.05) is 0 Å². The fourth-order valence-electron chi connectivity index (χ4n) is 1.63. The average molecular weight is 300 g/mol. The molecule has 0 heterocycles. The third-order valence-corrected chi connectivity index (χ3v) is 2.92.